The van der Waals surface area contributed by atoms with Crippen molar-refractivity contribution >= 4 is 28.8 Å². The van der Waals surface area contributed by atoms with Crippen molar-refractivity contribution in [3.8, 4) is 11.8 Å². The van der Waals surface area contributed by atoms with E-state index in [4.69, 9.17) is 21.6 Å². The van der Waals surface area contributed by atoms with Gasteiger partial charge in [0.1, 0.15) is 12.4 Å². The van der Waals surface area contributed by atoms with Crippen LogP contribution in [0.25, 0.3) is 0 Å². The van der Waals surface area contributed by atoms with E-state index in [1.807, 2.05) is 36.4 Å². The normalized spacial score (nSPS) is 15.1. The van der Waals surface area contributed by atoms with Crippen molar-refractivity contribution in [1.29, 1.82) is 5.26 Å². The van der Waals surface area contributed by atoms with Gasteiger partial charge in [-0.05, 0) is 65.9 Å². The van der Waals surface area contributed by atoms with E-state index in [0.29, 0.717) is 40.9 Å². The number of nitrogens with zero attached hydrogens (tertiary/aromatic N) is 1. The number of rotatable bonds is 7. The van der Waals surface area contributed by atoms with Crippen LogP contribution in [0.2, 0.25) is 5.02 Å². The zero-order chi connectivity index (χ0) is 25.7. The molecule has 4 rings (SSSR count). The van der Waals surface area contributed by atoms with Gasteiger partial charge in [0.25, 0.3) is 0 Å². The smallest absolute Gasteiger partial charge is 0.450 e. The number of ketones is 1. The van der Waals surface area contributed by atoms with E-state index in [2.05, 4.69) is 16.7 Å². The molecule has 186 valence electrons. The third-order valence-electron chi connectivity index (χ3n) is 6.05. The highest BCUT2D eigenvalue weighted by atomic mass is 35.5. The van der Waals surface area contributed by atoms with Crippen LogP contribution in [0.1, 0.15) is 28.7 Å². The molecule has 36 heavy (non-hydrogen) atoms. The van der Waals surface area contributed by atoms with Gasteiger partial charge in [0, 0.05) is 24.7 Å². The number of nitrogens with one attached hydrogen (secondary N) is 2. The summed E-state index contributed by atoms with van der Waals surface area (Å²) in [4.78, 5) is 11.7. The molecule has 0 aromatic heterocycles. The van der Waals surface area contributed by atoms with Crippen LogP contribution < -0.4 is 15.4 Å². The molecule has 5 nitrogen and oxygen atoms in total. The van der Waals surface area contributed by atoms with Gasteiger partial charge in [-0.25, -0.2) is 0 Å². The summed E-state index contributed by atoms with van der Waals surface area (Å²) in [6, 6.07) is 20.2. The Hall–Kier alpha value is -3.70. The first kappa shape index (κ1) is 25.4. The van der Waals surface area contributed by atoms with Gasteiger partial charge in [-0.1, -0.05) is 35.9 Å². The maximum absolute atomic E-state index is 12.9. The van der Waals surface area contributed by atoms with Crippen molar-refractivity contribution in [3.05, 3.63) is 87.9 Å². The number of ether oxygens (including phenoxy) is 1. The van der Waals surface area contributed by atoms with Gasteiger partial charge in [-0.15, -0.1) is 0 Å². The fourth-order valence-electron chi connectivity index (χ4n) is 4.14. The molecule has 3 aromatic carbocycles. The number of anilines is 2. The maximum Gasteiger partial charge on any atom is 0.450 e. The molecule has 1 aliphatic heterocycles. The summed E-state index contributed by atoms with van der Waals surface area (Å²) < 4.78 is 44.5. The fourth-order valence-corrected chi connectivity index (χ4v) is 4.38. The van der Waals surface area contributed by atoms with Gasteiger partial charge < -0.3 is 15.4 Å². The highest BCUT2D eigenvalue weighted by molar-refractivity contribution is 6.33. The van der Waals surface area contributed by atoms with E-state index in [0.717, 1.165) is 16.7 Å². The second-order valence-corrected chi connectivity index (χ2v) is 8.93. The Morgan fingerprint density at radius 1 is 1.14 bits per heavy atom. The average Bonchev–Trinajstić information content (AvgIpc) is 3.09. The quantitative estimate of drug-likeness (QED) is 0.377. The molecular formula is C27H23ClF3N3O2. The number of halogens is 4. The Labute approximate surface area is 211 Å². The number of Topliss-reactive ketones (excluding diaryl/α,β-unsaturated/α-hetero) is 1. The lowest BCUT2D eigenvalue weighted by Crippen LogP contribution is -2.34. The number of carbonyl (C=O) groups is 1. The molecule has 9 heteroatoms. The van der Waals surface area contributed by atoms with Gasteiger partial charge in [-0.2, -0.15) is 18.4 Å². The minimum atomic E-state index is -4.85. The molecule has 0 saturated heterocycles. The van der Waals surface area contributed by atoms with Gasteiger partial charge in [0.2, 0.25) is 5.78 Å². The van der Waals surface area contributed by atoms with Crippen molar-refractivity contribution < 1.29 is 22.7 Å². The molecule has 0 spiro atoms. The SMILES string of the molecule is N#Cc1cccc(COc2ccc(CNc3c(Cl)ccc4c3CCC(C(=O)C(F)(F)F)CN4)cc2)c1. The molecule has 0 fully saturated rings. The van der Waals surface area contributed by atoms with Gasteiger partial charge in [0.15, 0.2) is 0 Å². The number of hydrogen-bond acceptors (Lipinski definition) is 5. The molecule has 1 unspecified atom stereocenters. The van der Waals surface area contributed by atoms with Gasteiger partial charge in [0.05, 0.1) is 22.3 Å². The molecule has 1 heterocycles. The van der Waals surface area contributed by atoms with E-state index >= 15 is 0 Å². The van der Waals surface area contributed by atoms with Gasteiger partial charge in [-0.3, -0.25) is 4.79 Å². The van der Waals surface area contributed by atoms with Gasteiger partial charge >= 0.3 is 6.18 Å². The zero-order valence-electron chi connectivity index (χ0n) is 19.2. The van der Waals surface area contributed by atoms with Crippen LogP contribution in [0.4, 0.5) is 24.5 Å². The second kappa shape index (κ2) is 10.9. The Morgan fingerprint density at radius 3 is 2.64 bits per heavy atom. The van der Waals surface area contributed by atoms with E-state index in [9.17, 15) is 18.0 Å². The van der Waals surface area contributed by atoms with E-state index in [1.165, 1.54) is 0 Å². The molecular weight excluding hydrogens is 491 g/mol. The number of hydrogen-bond donors (Lipinski definition) is 2. The molecule has 0 saturated carbocycles. The molecule has 0 aliphatic carbocycles. The lowest BCUT2D eigenvalue weighted by atomic mass is 9.96. The van der Waals surface area contributed by atoms with Crippen LogP contribution in [-0.4, -0.2) is 18.5 Å². The average molecular weight is 514 g/mol. The largest absolute Gasteiger partial charge is 0.489 e. The minimum Gasteiger partial charge on any atom is -0.489 e. The lowest BCUT2D eigenvalue weighted by Gasteiger charge is -2.17. The standard InChI is InChI=1S/C27H23ClF3N3O2/c28-23-10-11-24-22(9-6-20(15-33-24)26(35)27(29,30)31)25(23)34-14-17-4-7-21(8-5-17)36-16-19-3-1-2-18(12-19)13-32/h1-5,7-8,10-12,20,33-34H,6,9,14-16H2. The van der Waals surface area contributed by atoms with Crippen LogP contribution in [-0.2, 0) is 24.4 Å². The number of fused-ring (bicyclic) bond motifs is 1. The Bertz CT molecular complexity index is 1290. The summed E-state index contributed by atoms with van der Waals surface area (Å²) in [5.74, 6) is -2.17. The van der Waals surface area contributed by atoms with Crippen molar-refractivity contribution in [3.63, 3.8) is 0 Å². The van der Waals surface area contributed by atoms with Crippen molar-refractivity contribution in [2.75, 3.05) is 17.2 Å². The predicted octanol–water partition coefficient (Wildman–Crippen LogP) is 6.51. The minimum absolute atomic E-state index is 0.0747. The van der Waals surface area contributed by atoms with Crippen LogP contribution in [0.15, 0.2) is 60.7 Å². The summed E-state index contributed by atoms with van der Waals surface area (Å²) in [7, 11) is 0. The van der Waals surface area contributed by atoms with E-state index < -0.39 is 17.9 Å². The van der Waals surface area contributed by atoms with Crippen LogP contribution in [0, 0.1) is 17.2 Å². The molecule has 0 radical (unpaired) electrons. The first-order valence-corrected chi connectivity index (χ1v) is 11.7. The predicted molar refractivity (Wildman–Crippen MR) is 132 cm³/mol. The Kier molecular flexibility index (Phi) is 7.70. The number of carbonyl (C=O) groups excluding carboxylic acids is 1. The van der Waals surface area contributed by atoms with Crippen LogP contribution in [0.5, 0.6) is 5.75 Å². The van der Waals surface area contributed by atoms with Crippen molar-refractivity contribution in [2.24, 2.45) is 5.92 Å². The monoisotopic (exact) mass is 513 g/mol. The summed E-state index contributed by atoms with van der Waals surface area (Å²) in [6.45, 7) is 0.698. The zero-order valence-corrected chi connectivity index (χ0v) is 19.9. The third-order valence-corrected chi connectivity index (χ3v) is 6.36. The number of alkyl halides is 3. The molecule has 3 aromatic rings. The highest BCUT2D eigenvalue weighted by Crippen LogP contribution is 2.37. The molecule has 0 amide bonds. The molecule has 0 bridgehead atoms. The Morgan fingerprint density at radius 2 is 1.92 bits per heavy atom. The van der Waals surface area contributed by atoms with E-state index in [-0.39, 0.29) is 19.4 Å². The summed E-state index contributed by atoms with van der Waals surface area (Å²) in [5, 5.41) is 15.7. The van der Waals surface area contributed by atoms with Crippen molar-refractivity contribution in [1.82, 2.24) is 0 Å². The topological polar surface area (TPSA) is 74.1 Å². The molecule has 1 aliphatic rings. The summed E-state index contributed by atoms with van der Waals surface area (Å²) >= 11 is 6.42. The fraction of sp³-hybridized carbons (Fsp3) is 0.259. The highest BCUT2D eigenvalue weighted by Gasteiger charge is 2.43. The summed E-state index contributed by atoms with van der Waals surface area (Å²) in [6.07, 6.45) is -4.48. The van der Waals surface area contributed by atoms with E-state index in [1.54, 1.807) is 24.3 Å². The number of nitriles is 1. The van der Waals surface area contributed by atoms with Crippen LogP contribution >= 0.6 is 11.6 Å². The number of benzene rings is 3. The third kappa shape index (κ3) is 6.10. The van der Waals surface area contributed by atoms with Crippen molar-refractivity contribution in [2.45, 2.75) is 32.2 Å². The van der Waals surface area contributed by atoms with Crippen LogP contribution in [0.3, 0.4) is 0 Å². The maximum atomic E-state index is 12.9. The molecule has 2 N–H and O–H groups in total. The lowest BCUT2D eigenvalue weighted by molar-refractivity contribution is -0.175. The first-order valence-electron chi connectivity index (χ1n) is 11.4. The second-order valence-electron chi connectivity index (χ2n) is 8.53. The first-order chi connectivity index (χ1) is 17.2. The Balaban J connectivity index is 1.39. The molecule has 1 atom stereocenters. The summed E-state index contributed by atoms with van der Waals surface area (Å²) in [5.41, 5.74) is 4.50.